The van der Waals surface area contributed by atoms with E-state index >= 15 is 0 Å². The van der Waals surface area contributed by atoms with Crippen molar-refractivity contribution in [1.82, 2.24) is 5.32 Å². The Bertz CT molecular complexity index is 402. The van der Waals surface area contributed by atoms with Gasteiger partial charge in [-0.15, -0.1) is 0 Å². The van der Waals surface area contributed by atoms with E-state index in [0.29, 0.717) is 0 Å². The van der Waals surface area contributed by atoms with Crippen molar-refractivity contribution in [3.05, 3.63) is 34.3 Å². The van der Waals surface area contributed by atoms with E-state index in [2.05, 4.69) is 44.3 Å². The van der Waals surface area contributed by atoms with Crippen molar-refractivity contribution in [3.8, 4) is 0 Å². The fourth-order valence-corrected chi connectivity index (χ4v) is 2.94. The Morgan fingerprint density at radius 1 is 1.26 bits per heavy atom. The van der Waals surface area contributed by atoms with Gasteiger partial charge in [0.25, 0.3) is 0 Å². The minimum atomic E-state index is -0.178. The quantitative estimate of drug-likeness (QED) is 0.795. The van der Waals surface area contributed by atoms with E-state index in [1.165, 1.54) is 5.56 Å². The van der Waals surface area contributed by atoms with Crippen LogP contribution in [0.3, 0.4) is 0 Å². The van der Waals surface area contributed by atoms with Gasteiger partial charge in [0, 0.05) is 11.6 Å². The molecule has 0 fully saturated rings. The predicted octanol–water partition coefficient (Wildman–Crippen LogP) is 4.50. The summed E-state index contributed by atoms with van der Waals surface area (Å²) in [6.45, 7) is 9.16. The van der Waals surface area contributed by atoms with Gasteiger partial charge in [0.05, 0.1) is 11.6 Å². The lowest BCUT2D eigenvalue weighted by molar-refractivity contribution is -0.0717. The topological polar surface area (TPSA) is 21.3 Å². The molecule has 1 aromatic carbocycles. The Kier molecular flexibility index (Phi) is 6.31. The fourth-order valence-electron chi connectivity index (χ4n) is 2.76. The van der Waals surface area contributed by atoms with Crippen LogP contribution in [0.25, 0.3) is 0 Å². The molecule has 0 radical (unpaired) electrons. The predicted molar refractivity (Wildman–Crippen MR) is 82.9 cm³/mol. The van der Waals surface area contributed by atoms with Crippen molar-refractivity contribution in [2.45, 2.75) is 52.2 Å². The highest BCUT2D eigenvalue weighted by Crippen LogP contribution is 2.36. The summed E-state index contributed by atoms with van der Waals surface area (Å²) in [6.07, 6.45) is 1.93. The average molecular weight is 284 g/mol. The van der Waals surface area contributed by atoms with E-state index in [0.717, 1.165) is 30.0 Å². The maximum atomic E-state index is 6.26. The first-order chi connectivity index (χ1) is 9.04. The van der Waals surface area contributed by atoms with E-state index < -0.39 is 0 Å². The summed E-state index contributed by atoms with van der Waals surface area (Å²) >= 11 is 6.26. The molecule has 0 aliphatic heterocycles. The number of hydrogen-bond donors (Lipinski definition) is 1. The van der Waals surface area contributed by atoms with E-state index in [-0.39, 0.29) is 11.6 Å². The van der Waals surface area contributed by atoms with Crippen molar-refractivity contribution in [1.29, 1.82) is 0 Å². The van der Waals surface area contributed by atoms with Gasteiger partial charge in [0.2, 0.25) is 0 Å². The van der Waals surface area contributed by atoms with Crippen LogP contribution in [0.15, 0.2) is 18.2 Å². The summed E-state index contributed by atoms with van der Waals surface area (Å²) in [4.78, 5) is 0. The molecular formula is C16H26ClNO. The Labute approximate surface area is 122 Å². The van der Waals surface area contributed by atoms with Crippen molar-refractivity contribution < 1.29 is 4.74 Å². The normalized spacial score (nSPS) is 13.6. The van der Waals surface area contributed by atoms with Crippen LogP contribution in [0.2, 0.25) is 5.02 Å². The highest BCUT2D eigenvalue weighted by atomic mass is 35.5. The van der Waals surface area contributed by atoms with Gasteiger partial charge in [-0.1, -0.05) is 37.6 Å². The summed E-state index contributed by atoms with van der Waals surface area (Å²) in [5, 5.41) is 4.22. The summed E-state index contributed by atoms with van der Waals surface area (Å²) in [5.74, 6) is 0. The molecular weight excluding hydrogens is 258 g/mol. The van der Waals surface area contributed by atoms with Crippen molar-refractivity contribution >= 4 is 11.6 Å². The number of rotatable bonds is 7. The monoisotopic (exact) mass is 283 g/mol. The van der Waals surface area contributed by atoms with Gasteiger partial charge >= 0.3 is 0 Å². The lowest BCUT2D eigenvalue weighted by atomic mass is 9.83. The van der Waals surface area contributed by atoms with E-state index in [1.54, 1.807) is 0 Å². The highest BCUT2D eigenvalue weighted by molar-refractivity contribution is 6.31. The molecule has 1 aromatic rings. The maximum absolute atomic E-state index is 6.26. The second-order valence-electron chi connectivity index (χ2n) is 4.94. The smallest absolute Gasteiger partial charge is 0.0870 e. The Morgan fingerprint density at radius 2 is 1.89 bits per heavy atom. The standard InChI is InChI=1S/C16H26ClNO/c1-6-16(7-2,19-8-3)15(18-5)13-10-9-12(4)14(17)11-13/h9-11,15,18H,6-8H2,1-5H3. The number of likely N-dealkylation sites (N-methyl/N-ethyl adjacent to an activating group) is 1. The van der Waals surface area contributed by atoms with Crippen molar-refractivity contribution in [3.63, 3.8) is 0 Å². The third-order valence-electron chi connectivity index (χ3n) is 3.97. The first-order valence-electron chi connectivity index (χ1n) is 7.11. The summed E-state index contributed by atoms with van der Waals surface area (Å²) < 4.78 is 6.10. The zero-order valence-corrected chi connectivity index (χ0v) is 13.5. The summed E-state index contributed by atoms with van der Waals surface area (Å²) in [5.41, 5.74) is 2.12. The van der Waals surface area contributed by atoms with Crippen LogP contribution in [0, 0.1) is 6.92 Å². The molecule has 1 unspecified atom stereocenters. The average Bonchev–Trinajstić information content (AvgIpc) is 2.42. The van der Waals surface area contributed by atoms with Gasteiger partial charge in [-0.3, -0.25) is 0 Å². The number of hydrogen-bond acceptors (Lipinski definition) is 2. The molecule has 0 saturated carbocycles. The molecule has 0 aliphatic carbocycles. The second kappa shape index (κ2) is 7.28. The third-order valence-corrected chi connectivity index (χ3v) is 4.38. The van der Waals surface area contributed by atoms with Gasteiger partial charge in [-0.05, 0) is 50.9 Å². The molecule has 0 bridgehead atoms. The zero-order chi connectivity index (χ0) is 14.5. The molecule has 0 spiro atoms. The minimum absolute atomic E-state index is 0.153. The van der Waals surface area contributed by atoms with Crippen LogP contribution < -0.4 is 5.32 Å². The van der Waals surface area contributed by atoms with E-state index in [9.17, 15) is 0 Å². The summed E-state index contributed by atoms with van der Waals surface area (Å²) in [6, 6.07) is 6.42. The third kappa shape index (κ3) is 3.50. The van der Waals surface area contributed by atoms with Gasteiger partial charge in [0.1, 0.15) is 0 Å². The van der Waals surface area contributed by atoms with Crippen LogP contribution in [-0.2, 0) is 4.74 Å². The largest absolute Gasteiger partial charge is 0.373 e. The molecule has 2 nitrogen and oxygen atoms in total. The summed E-state index contributed by atoms with van der Waals surface area (Å²) in [7, 11) is 1.98. The molecule has 0 aromatic heterocycles. The van der Waals surface area contributed by atoms with E-state index in [4.69, 9.17) is 16.3 Å². The SMILES string of the molecule is CCOC(CC)(CC)C(NC)c1ccc(C)c(Cl)c1. The fraction of sp³-hybridized carbons (Fsp3) is 0.625. The lowest BCUT2D eigenvalue weighted by Crippen LogP contribution is -2.44. The number of nitrogens with one attached hydrogen (secondary N) is 1. The minimum Gasteiger partial charge on any atom is -0.373 e. The number of ether oxygens (including phenoxy) is 1. The van der Waals surface area contributed by atoms with Crippen molar-refractivity contribution in [2.75, 3.05) is 13.7 Å². The van der Waals surface area contributed by atoms with Gasteiger partial charge in [-0.25, -0.2) is 0 Å². The number of aryl methyl sites for hydroxylation is 1. The Balaban J connectivity index is 3.18. The molecule has 0 amide bonds. The number of halogens is 1. The molecule has 19 heavy (non-hydrogen) atoms. The molecule has 1 rings (SSSR count). The molecule has 0 aliphatic rings. The first kappa shape index (κ1) is 16.5. The molecule has 0 heterocycles. The molecule has 1 atom stereocenters. The van der Waals surface area contributed by atoms with Gasteiger partial charge < -0.3 is 10.1 Å². The van der Waals surface area contributed by atoms with Gasteiger partial charge in [-0.2, -0.15) is 0 Å². The van der Waals surface area contributed by atoms with Gasteiger partial charge in [0.15, 0.2) is 0 Å². The molecule has 0 saturated heterocycles. The molecule has 108 valence electrons. The zero-order valence-electron chi connectivity index (χ0n) is 12.7. The Hall–Kier alpha value is -0.570. The Morgan fingerprint density at radius 3 is 2.32 bits per heavy atom. The highest BCUT2D eigenvalue weighted by Gasteiger charge is 2.36. The molecule has 3 heteroatoms. The van der Waals surface area contributed by atoms with Crippen LogP contribution in [-0.4, -0.2) is 19.3 Å². The van der Waals surface area contributed by atoms with E-state index in [1.807, 2.05) is 14.0 Å². The van der Waals surface area contributed by atoms with Crippen LogP contribution in [0.5, 0.6) is 0 Å². The first-order valence-corrected chi connectivity index (χ1v) is 7.49. The van der Waals surface area contributed by atoms with Crippen LogP contribution in [0.1, 0.15) is 50.8 Å². The maximum Gasteiger partial charge on any atom is 0.0870 e. The van der Waals surface area contributed by atoms with Crippen LogP contribution in [0.4, 0.5) is 0 Å². The molecule has 1 N–H and O–H groups in total. The lowest BCUT2D eigenvalue weighted by Gasteiger charge is -2.39. The van der Waals surface area contributed by atoms with Crippen LogP contribution >= 0.6 is 11.6 Å². The number of benzene rings is 1. The second-order valence-corrected chi connectivity index (χ2v) is 5.34. The van der Waals surface area contributed by atoms with Crippen molar-refractivity contribution in [2.24, 2.45) is 0 Å².